The van der Waals surface area contributed by atoms with Gasteiger partial charge < -0.3 is 15.7 Å². The lowest BCUT2D eigenvalue weighted by molar-refractivity contribution is 0.195. The average Bonchev–Trinajstić information content (AvgIpc) is 2.71. The third-order valence-electron chi connectivity index (χ3n) is 3.89. The molecule has 0 fully saturated rings. The first-order valence-corrected chi connectivity index (χ1v) is 9.03. The Labute approximate surface area is 168 Å². The van der Waals surface area contributed by atoms with Gasteiger partial charge in [-0.3, -0.25) is 0 Å². The molecule has 0 bridgehead atoms. The molecular weight excluding hydrogens is 374 g/mol. The van der Waals surface area contributed by atoms with Crippen LogP contribution in [0.15, 0.2) is 66.9 Å². The topological polar surface area (TPSA) is 74.2 Å². The minimum Gasteiger partial charge on any atom is -0.465 e. The second kappa shape index (κ2) is 9.45. The summed E-state index contributed by atoms with van der Waals surface area (Å²) in [4.78, 5) is 14.8. The average molecular weight is 392 g/mol. The molecule has 0 unspecified atom stereocenters. The highest BCUT2D eigenvalue weighted by Gasteiger charge is 1.99. The van der Waals surface area contributed by atoms with Crippen LogP contribution in [-0.2, 0) is 0 Å². The third-order valence-corrected chi connectivity index (χ3v) is 4.14. The third kappa shape index (κ3) is 5.76. The van der Waals surface area contributed by atoms with Crippen LogP contribution in [0.4, 0.5) is 10.5 Å². The van der Waals surface area contributed by atoms with E-state index in [-0.39, 0.29) is 0 Å². The molecule has 1 amide bonds. The molecule has 0 saturated carbocycles. The maximum absolute atomic E-state index is 10.4. The summed E-state index contributed by atoms with van der Waals surface area (Å²) in [5.74, 6) is 6.14. The largest absolute Gasteiger partial charge is 0.465 e. The van der Waals surface area contributed by atoms with Gasteiger partial charge in [0.1, 0.15) is 5.69 Å². The number of anilines is 1. The van der Waals surface area contributed by atoms with Gasteiger partial charge in [-0.25, -0.2) is 9.78 Å². The van der Waals surface area contributed by atoms with Gasteiger partial charge in [0.15, 0.2) is 0 Å². The highest BCUT2D eigenvalue weighted by molar-refractivity contribution is 6.30. The van der Waals surface area contributed by atoms with Crippen molar-refractivity contribution < 1.29 is 9.90 Å². The quantitative estimate of drug-likeness (QED) is 0.443. The van der Waals surface area contributed by atoms with E-state index < -0.39 is 6.09 Å². The zero-order valence-corrected chi connectivity index (χ0v) is 15.7. The first-order valence-electron chi connectivity index (χ1n) is 8.65. The summed E-state index contributed by atoms with van der Waals surface area (Å²) in [6.07, 6.45) is 0.771. The Morgan fingerprint density at radius 3 is 2.29 bits per heavy atom. The molecular formula is C22H18ClN3O2. The molecule has 0 radical (unpaired) electrons. The number of amides is 1. The molecule has 5 nitrogen and oxygen atoms in total. The molecule has 3 rings (SSSR count). The van der Waals surface area contributed by atoms with Gasteiger partial charge in [-0.2, -0.15) is 0 Å². The predicted molar refractivity (Wildman–Crippen MR) is 112 cm³/mol. The number of pyridine rings is 1. The van der Waals surface area contributed by atoms with Crippen molar-refractivity contribution in [1.29, 1.82) is 0 Å². The van der Waals surface area contributed by atoms with Crippen LogP contribution in [-0.4, -0.2) is 29.3 Å². The number of carboxylic acid groups (broad SMARTS) is 1. The monoisotopic (exact) mass is 391 g/mol. The molecule has 0 spiro atoms. The molecule has 0 saturated heterocycles. The number of hydrogen-bond acceptors (Lipinski definition) is 3. The standard InChI is InChI=1S/C22H18ClN3O2/c23-19-7-4-17(5-8-19)18-6-12-21(26-15-18)11-3-16-1-9-20(10-2-16)24-13-14-25-22(27)28/h1-2,4-10,12,15,24-25H,13-14H2,(H,27,28). The predicted octanol–water partition coefficient (Wildman–Crippen LogP) is 4.48. The molecule has 6 heteroatoms. The zero-order valence-electron chi connectivity index (χ0n) is 14.9. The van der Waals surface area contributed by atoms with Crippen LogP contribution in [0.3, 0.4) is 0 Å². The zero-order chi connectivity index (χ0) is 19.8. The van der Waals surface area contributed by atoms with Crippen molar-refractivity contribution in [1.82, 2.24) is 10.3 Å². The van der Waals surface area contributed by atoms with Crippen LogP contribution < -0.4 is 10.6 Å². The first kappa shape index (κ1) is 19.3. The number of benzene rings is 2. The van der Waals surface area contributed by atoms with E-state index in [1.807, 2.05) is 60.7 Å². The lowest BCUT2D eigenvalue weighted by Crippen LogP contribution is -2.26. The van der Waals surface area contributed by atoms with Crippen LogP contribution in [0, 0.1) is 11.8 Å². The summed E-state index contributed by atoms with van der Waals surface area (Å²) in [6.45, 7) is 0.857. The summed E-state index contributed by atoms with van der Waals surface area (Å²) in [5, 5.41) is 14.7. The molecule has 0 aliphatic carbocycles. The molecule has 0 atom stereocenters. The minimum absolute atomic E-state index is 0.342. The Hall–Kier alpha value is -3.49. The Morgan fingerprint density at radius 2 is 1.64 bits per heavy atom. The van der Waals surface area contributed by atoms with E-state index in [1.165, 1.54) is 0 Å². The molecule has 3 aromatic rings. The number of rotatable bonds is 5. The van der Waals surface area contributed by atoms with E-state index in [0.29, 0.717) is 23.8 Å². The molecule has 0 aliphatic rings. The Bertz CT molecular complexity index is 989. The van der Waals surface area contributed by atoms with Crippen molar-refractivity contribution in [3.05, 3.63) is 83.1 Å². The molecule has 0 aliphatic heterocycles. The van der Waals surface area contributed by atoms with Gasteiger partial charge in [0.25, 0.3) is 0 Å². The van der Waals surface area contributed by atoms with Crippen molar-refractivity contribution in [3.8, 4) is 23.0 Å². The van der Waals surface area contributed by atoms with Gasteiger partial charge in [-0.15, -0.1) is 0 Å². The molecule has 28 heavy (non-hydrogen) atoms. The van der Waals surface area contributed by atoms with Crippen molar-refractivity contribution >= 4 is 23.4 Å². The van der Waals surface area contributed by atoms with Gasteiger partial charge in [-0.05, 0) is 53.9 Å². The molecule has 2 aromatic carbocycles. The molecule has 1 aromatic heterocycles. The van der Waals surface area contributed by atoms with Crippen LogP contribution in [0.2, 0.25) is 5.02 Å². The number of halogens is 1. The Balaban J connectivity index is 1.58. The van der Waals surface area contributed by atoms with Gasteiger partial charge in [-0.1, -0.05) is 35.7 Å². The van der Waals surface area contributed by atoms with Gasteiger partial charge in [0.05, 0.1) is 0 Å². The van der Waals surface area contributed by atoms with E-state index >= 15 is 0 Å². The van der Waals surface area contributed by atoms with Gasteiger partial charge >= 0.3 is 6.09 Å². The number of hydrogen-bond donors (Lipinski definition) is 3. The maximum Gasteiger partial charge on any atom is 0.404 e. The summed E-state index contributed by atoms with van der Waals surface area (Å²) >= 11 is 5.91. The van der Waals surface area contributed by atoms with E-state index in [0.717, 1.165) is 22.4 Å². The van der Waals surface area contributed by atoms with Crippen LogP contribution in [0.25, 0.3) is 11.1 Å². The van der Waals surface area contributed by atoms with E-state index in [9.17, 15) is 4.79 Å². The van der Waals surface area contributed by atoms with Crippen molar-refractivity contribution in [2.45, 2.75) is 0 Å². The minimum atomic E-state index is -1.03. The summed E-state index contributed by atoms with van der Waals surface area (Å²) in [6, 6.07) is 19.1. The fourth-order valence-electron chi connectivity index (χ4n) is 2.46. The highest BCUT2D eigenvalue weighted by atomic mass is 35.5. The van der Waals surface area contributed by atoms with Crippen LogP contribution in [0.1, 0.15) is 11.3 Å². The normalized spacial score (nSPS) is 9.89. The SMILES string of the molecule is O=C(O)NCCNc1ccc(C#Cc2ccc(-c3ccc(Cl)cc3)cn2)cc1. The smallest absolute Gasteiger partial charge is 0.404 e. The first-order chi connectivity index (χ1) is 13.6. The van der Waals surface area contributed by atoms with Gasteiger partial charge in [0.2, 0.25) is 0 Å². The van der Waals surface area contributed by atoms with Crippen molar-refractivity contribution in [3.63, 3.8) is 0 Å². The lowest BCUT2D eigenvalue weighted by Gasteiger charge is -2.06. The maximum atomic E-state index is 10.4. The second-order valence-corrected chi connectivity index (χ2v) is 6.36. The number of aromatic nitrogens is 1. The summed E-state index contributed by atoms with van der Waals surface area (Å²) < 4.78 is 0. The lowest BCUT2D eigenvalue weighted by atomic mass is 10.1. The van der Waals surface area contributed by atoms with Crippen LogP contribution >= 0.6 is 11.6 Å². The summed E-state index contributed by atoms with van der Waals surface area (Å²) in [7, 11) is 0. The Kier molecular flexibility index (Phi) is 6.50. The fourth-order valence-corrected chi connectivity index (χ4v) is 2.59. The van der Waals surface area contributed by atoms with E-state index in [4.69, 9.17) is 16.7 Å². The Morgan fingerprint density at radius 1 is 0.929 bits per heavy atom. The number of carbonyl (C=O) groups is 1. The van der Waals surface area contributed by atoms with Crippen molar-refractivity contribution in [2.75, 3.05) is 18.4 Å². The van der Waals surface area contributed by atoms with Crippen LogP contribution in [0.5, 0.6) is 0 Å². The summed E-state index contributed by atoms with van der Waals surface area (Å²) in [5.41, 5.74) is 4.54. The fraction of sp³-hybridized carbons (Fsp3) is 0.0909. The molecule has 140 valence electrons. The second-order valence-electron chi connectivity index (χ2n) is 5.93. The van der Waals surface area contributed by atoms with Crippen molar-refractivity contribution in [2.24, 2.45) is 0 Å². The van der Waals surface area contributed by atoms with Gasteiger partial charge in [0, 0.05) is 41.1 Å². The molecule has 3 N–H and O–H groups in total. The number of nitrogens with zero attached hydrogens (tertiary/aromatic N) is 1. The molecule has 1 heterocycles. The van der Waals surface area contributed by atoms with E-state index in [1.54, 1.807) is 6.20 Å². The number of nitrogens with one attached hydrogen (secondary N) is 2. The van der Waals surface area contributed by atoms with E-state index in [2.05, 4.69) is 27.5 Å². The highest BCUT2D eigenvalue weighted by Crippen LogP contribution is 2.20.